The van der Waals surface area contributed by atoms with E-state index in [4.69, 9.17) is 11.6 Å². The molecule has 0 aliphatic carbocycles. The zero-order valence-electron chi connectivity index (χ0n) is 12.9. The van der Waals surface area contributed by atoms with Crippen molar-refractivity contribution in [1.29, 1.82) is 0 Å². The minimum Gasteiger partial charge on any atom is -0.388 e. The van der Waals surface area contributed by atoms with Gasteiger partial charge < -0.3 is 10.5 Å². The second-order valence-corrected chi connectivity index (χ2v) is 7.12. The monoisotopic (exact) mass is 309 g/mol. The topological polar surface area (TPSA) is 47.9 Å². The van der Waals surface area contributed by atoms with Crippen LogP contribution in [0.2, 0.25) is 5.02 Å². The molecule has 0 fully saturated rings. The molecule has 5 heteroatoms. The summed E-state index contributed by atoms with van der Waals surface area (Å²) >= 11 is 5.91. The van der Waals surface area contributed by atoms with E-state index in [0.29, 0.717) is 19.6 Å². The number of hydrogen-bond acceptors (Lipinski definition) is 4. The first-order valence-corrected chi connectivity index (χ1v) is 7.64. The molecular weight excluding hydrogens is 286 g/mol. The highest BCUT2D eigenvalue weighted by Gasteiger charge is 2.41. The van der Waals surface area contributed by atoms with Gasteiger partial charge in [-0.3, -0.25) is 4.99 Å². The molecule has 2 rings (SSSR count). The number of halogens is 1. The fourth-order valence-electron chi connectivity index (χ4n) is 2.41. The fourth-order valence-corrected chi connectivity index (χ4v) is 2.53. The number of rotatable bonds is 5. The van der Waals surface area contributed by atoms with E-state index in [9.17, 15) is 5.11 Å². The van der Waals surface area contributed by atoms with Crippen molar-refractivity contribution in [1.82, 2.24) is 10.4 Å². The molecule has 1 unspecified atom stereocenters. The van der Waals surface area contributed by atoms with Gasteiger partial charge in [0.2, 0.25) is 0 Å². The van der Waals surface area contributed by atoms with Crippen LogP contribution in [0.15, 0.2) is 29.3 Å². The average Bonchev–Trinajstić information content (AvgIpc) is 2.89. The van der Waals surface area contributed by atoms with Crippen LogP contribution in [-0.2, 0) is 6.42 Å². The molecular formula is C16H24ClN3O. The Morgan fingerprint density at radius 2 is 1.95 bits per heavy atom. The van der Waals surface area contributed by atoms with Crippen LogP contribution in [-0.4, -0.2) is 35.3 Å². The molecule has 0 saturated carbocycles. The molecule has 0 amide bonds. The highest BCUT2D eigenvalue weighted by molar-refractivity contribution is 6.30. The summed E-state index contributed by atoms with van der Waals surface area (Å²) in [6, 6.07) is 7.82. The van der Waals surface area contributed by atoms with Crippen LogP contribution >= 0.6 is 11.6 Å². The van der Waals surface area contributed by atoms with Crippen molar-refractivity contribution in [2.75, 3.05) is 13.2 Å². The van der Waals surface area contributed by atoms with Gasteiger partial charge in [-0.2, -0.15) is 5.01 Å². The lowest BCUT2D eigenvalue weighted by Crippen LogP contribution is -2.54. The van der Waals surface area contributed by atoms with Gasteiger partial charge in [-0.1, -0.05) is 44.5 Å². The van der Waals surface area contributed by atoms with Crippen molar-refractivity contribution >= 4 is 17.9 Å². The summed E-state index contributed by atoms with van der Waals surface area (Å²) in [7, 11) is 0. The van der Waals surface area contributed by atoms with Gasteiger partial charge in [-0.05, 0) is 36.0 Å². The first-order valence-electron chi connectivity index (χ1n) is 7.26. The molecule has 0 aromatic heterocycles. The summed E-state index contributed by atoms with van der Waals surface area (Å²) in [4.78, 5) is 4.12. The van der Waals surface area contributed by atoms with Crippen molar-refractivity contribution < 1.29 is 5.11 Å². The maximum absolute atomic E-state index is 11.2. The largest absolute Gasteiger partial charge is 0.388 e. The van der Waals surface area contributed by atoms with E-state index in [1.165, 1.54) is 5.56 Å². The smallest absolute Gasteiger partial charge is 0.110 e. The van der Waals surface area contributed by atoms with Crippen LogP contribution < -0.4 is 5.43 Å². The summed E-state index contributed by atoms with van der Waals surface area (Å²) in [5.74, 6) is 0. The third kappa shape index (κ3) is 4.19. The summed E-state index contributed by atoms with van der Waals surface area (Å²) < 4.78 is 0. The Labute approximate surface area is 131 Å². The van der Waals surface area contributed by atoms with Crippen LogP contribution in [0.4, 0.5) is 0 Å². The molecule has 0 radical (unpaired) electrons. The van der Waals surface area contributed by atoms with E-state index in [1.807, 2.05) is 29.3 Å². The first kappa shape index (κ1) is 16.3. The lowest BCUT2D eigenvalue weighted by molar-refractivity contribution is -0.0883. The average molecular weight is 310 g/mol. The van der Waals surface area contributed by atoms with Gasteiger partial charge in [0.15, 0.2) is 0 Å². The van der Waals surface area contributed by atoms with Gasteiger partial charge in [0, 0.05) is 11.6 Å². The van der Waals surface area contributed by atoms with E-state index in [1.54, 1.807) is 6.34 Å². The van der Waals surface area contributed by atoms with Gasteiger partial charge in [-0.15, -0.1) is 0 Å². The van der Waals surface area contributed by atoms with E-state index in [-0.39, 0.29) is 5.41 Å². The maximum atomic E-state index is 11.2. The Kier molecular flexibility index (Phi) is 4.91. The summed E-state index contributed by atoms with van der Waals surface area (Å²) in [6.45, 7) is 7.35. The molecule has 1 aromatic carbocycles. The first-order chi connectivity index (χ1) is 9.80. The number of benzene rings is 1. The van der Waals surface area contributed by atoms with E-state index in [0.717, 1.165) is 11.4 Å². The molecule has 21 heavy (non-hydrogen) atoms. The minimum atomic E-state index is -0.798. The predicted octanol–water partition coefficient (Wildman–Crippen LogP) is 2.86. The van der Waals surface area contributed by atoms with E-state index >= 15 is 0 Å². The van der Waals surface area contributed by atoms with Gasteiger partial charge in [0.1, 0.15) is 6.67 Å². The SMILES string of the molecule is CC(C)(C)C(O)(CCc1ccc(Cl)cc1)CN1CN=CN1. The lowest BCUT2D eigenvalue weighted by Gasteiger charge is -2.42. The van der Waals surface area contributed by atoms with Crippen molar-refractivity contribution in [3.63, 3.8) is 0 Å². The second-order valence-electron chi connectivity index (χ2n) is 6.69. The Bertz CT molecular complexity index is 487. The molecule has 116 valence electrons. The van der Waals surface area contributed by atoms with Crippen molar-refractivity contribution in [2.45, 2.75) is 39.2 Å². The number of aliphatic hydroxyl groups is 1. The second kappa shape index (κ2) is 6.34. The number of β-amino-alcohol motifs (C(OH)–C–C–N with tert-alkyl or cyclic N) is 1. The van der Waals surface area contributed by atoms with Gasteiger partial charge in [-0.25, -0.2) is 0 Å². The molecule has 2 N–H and O–H groups in total. The predicted molar refractivity (Wildman–Crippen MR) is 87.4 cm³/mol. The standard InChI is InChI=1S/C16H24ClN3O/c1-15(2,3)16(21,10-20-12-18-11-19-20)9-8-13-4-6-14(17)7-5-13/h4-7,11,21H,8-10,12H2,1-3H3,(H,18,19). The Hall–Kier alpha value is -1.10. The normalized spacial score (nSPS) is 18.5. The number of aryl methyl sites for hydroxylation is 1. The third-order valence-electron chi connectivity index (χ3n) is 4.17. The minimum absolute atomic E-state index is 0.219. The highest BCUT2D eigenvalue weighted by atomic mass is 35.5. The molecule has 1 aliphatic rings. The summed E-state index contributed by atoms with van der Waals surface area (Å²) in [5.41, 5.74) is 3.23. The molecule has 4 nitrogen and oxygen atoms in total. The van der Waals surface area contributed by atoms with Crippen molar-refractivity contribution in [3.05, 3.63) is 34.9 Å². The summed E-state index contributed by atoms with van der Waals surface area (Å²) in [6.07, 6.45) is 3.18. The molecule has 1 aliphatic heterocycles. The Balaban J connectivity index is 2.03. The van der Waals surface area contributed by atoms with Gasteiger partial charge in [0.05, 0.1) is 11.9 Å². The zero-order chi connectivity index (χ0) is 15.5. The quantitative estimate of drug-likeness (QED) is 0.879. The van der Waals surface area contributed by atoms with Crippen molar-refractivity contribution in [2.24, 2.45) is 10.4 Å². The number of aliphatic imine (C=N–C) groups is 1. The third-order valence-corrected chi connectivity index (χ3v) is 4.42. The number of nitrogens with one attached hydrogen (secondary N) is 1. The highest BCUT2D eigenvalue weighted by Crippen LogP contribution is 2.35. The zero-order valence-corrected chi connectivity index (χ0v) is 13.7. The van der Waals surface area contributed by atoms with Gasteiger partial charge >= 0.3 is 0 Å². The number of nitrogens with zero attached hydrogens (tertiary/aromatic N) is 2. The summed E-state index contributed by atoms with van der Waals surface area (Å²) in [5, 5.41) is 13.8. The molecule has 1 atom stereocenters. The fraction of sp³-hybridized carbons (Fsp3) is 0.562. The molecule has 1 heterocycles. The van der Waals surface area contributed by atoms with Gasteiger partial charge in [0.25, 0.3) is 0 Å². The number of hydrazine groups is 1. The molecule has 0 spiro atoms. The van der Waals surface area contributed by atoms with Crippen LogP contribution in [0.5, 0.6) is 0 Å². The van der Waals surface area contributed by atoms with E-state index in [2.05, 4.69) is 31.2 Å². The van der Waals surface area contributed by atoms with Crippen LogP contribution in [0.1, 0.15) is 32.8 Å². The van der Waals surface area contributed by atoms with Crippen LogP contribution in [0, 0.1) is 5.41 Å². The Morgan fingerprint density at radius 1 is 1.29 bits per heavy atom. The number of hydrogen-bond donors (Lipinski definition) is 2. The molecule has 1 aromatic rings. The molecule has 0 bridgehead atoms. The Morgan fingerprint density at radius 3 is 2.48 bits per heavy atom. The maximum Gasteiger partial charge on any atom is 0.110 e. The van der Waals surface area contributed by atoms with Crippen molar-refractivity contribution in [3.8, 4) is 0 Å². The van der Waals surface area contributed by atoms with E-state index < -0.39 is 5.60 Å². The lowest BCUT2D eigenvalue weighted by atomic mass is 9.73. The van der Waals surface area contributed by atoms with Crippen LogP contribution in [0.25, 0.3) is 0 Å². The molecule has 0 saturated heterocycles. The van der Waals surface area contributed by atoms with Crippen LogP contribution in [0.3, 0.4) is 0 Å².